The summed E-state index contributed by atoms with van der Waals surface area (Å²) in [5.74, 6) is 1.76. The Bertz CT molecular complexity index is 1430. The van der Waals surface area contributed by atoms with Crippen LogP contribution in [0, 0.1) is 5.41 Å². The summed E-state index contributed by atoms with van der Waals surface area (Å²) < 4.78 is 22.2. The van der Waals surface area contributed by atoms with Crippen LogP contribution in [0.3, 0.4) is 0 Å². The second kappa shape index (κ2) is 16.4. The maximum Gasteiger partial charge on any atom is 0.278 e. The van der Waals surface area contributed by atoms with Crippen molar-refractivity contribution in [1.29, 1.82) is 5.41 Å². The molecule has 43 heavy (non-hydrogen) atoms. The van der Waals surface area contributed by atoms with Gasteiger partial charge in [0.25, 0.3) is 5.91 Å². The van der Waals surface area contributed by atoms with Crippen LogP contribution in [0.1, 0.15) is 19.5 Å². The summed E-state index contributed by atoms with van der Waals surface area (Å²) in [7, 11) is 7.10. The van der Waals surface area contributed by atoms with Crippen LogP contribution in [0.5, 0.6) is 11.5 Å². The number of allylic oxidation sites excluding steroid dienone is 1. The Kier molecular flexibility index (Phi) is 12.3. The first-order valence-electron chi connectivity index (χ1n) is 13.6. The van der Waals surface area contributed by atoms with E-state index in [9.17, 15) is 4.79 Å². The van der Waals surface area contributed by atoms with E-state index in [-0.39, 0.29) is 23.9 Å². The van der Waals surface area contributed by atoms with Crippen LogP contribution in [0.4, 0.5) is 5.82 Å². The second-order valence-electron chi connectivity index (χ2n) is 9.32. The van der Waals surface area contributed by atoms with Crippen molar-refractivity contribution in [3.8, 4) is 11.5 Å². The molecule has 1 aliphatic rings. The van der Waals surface area contributed by atoms with Crippen LogP contribution in [-0.4, -0.2) is 74.5 Å². The van der Waals surface area contributed by atoms with E-state index in [0.717, 1.165) is 24.4 Å². The largest absolute Gasteiger partial charge is 0.493 e. The predicted molar refractivity (Wildman–Crippen MR) is 166 cm³/mol. The van der Waals surface area contributed by atoms with Gasteiger partial charge in [-0.15, -0.1) is 0 Å². The minimum absolute atomic E-state index is 0.0989. The number of dihydropyridines is 1. The van der Waals surface area contributed by atoms with Gasteiger partial charge >= 0.3 is 0 Å². The van der Waals surface area contributed by atoms with Gasteiger partial charge in [0.15, 0.2) is 23.0 Å². The van der Waals surface area contributed by atoms with E-state index in [1.807, 2.05) is 27.2 Å². The third-order valence-electron chi connectivity index (χ3n) is 5.87. The SMILES string of the molecule is C/C=C(OC)\C(=C/c1cc(Oc2ccc(NC(=O)C(=N)/C(=C\NC3=CNCC=C3CN(C)C)OCC)nc2)ccn1)OC. The number of aromatic nitrogens is 2. The molecule has 0 aromatic carbocycles. The number of ether oxygens (including phenoxy) is 4. The van der Waals surface area contributed by atoms with E-state index in [2.05, 4.69) is 36.9 Å². The molecule has 1 aliphatic heterocycles. The molecule has 12 heteroatoms. The highest BCUT2D eigenvalue weighted by molar-refractivity contribution is 6.47. The molecule has 2 aromatic rings. The van der Waals surface area contributed by atoms with Crippen LogP contribution in [0.2, 0.25) is 0 Å². The highest BCUT2D eigenvalue weighted by Crippen LogP contribution is 2.24. The third-order valence-corrected chi connectivity index (χ3v) is 5.87. The number of rotatable bonds is 15. The number of carbonyl (C=O) groups is 1. The van der Waals surface area contributed by atoms with Gasteiger partial charge in [-0.05, 0) is 57.8 Å². The molecule has 0 radical (unpaired) electrons. The maximum atomic E-state index is 12.9. The molecule has 0 unspecified atom stereocenters. The summed E-state index contributed by atoms with van der Waals surface area (Å²) in [6.45, 7) is 5.39. The molecule has 228 valence electrons. The van der Waals surface area contributed by atoms with E-state index >= 15 is 0 Å². The monoisotopic (exact) mass is 589 g/mol. The Hall–Kier alpha value is -5.10. The smallest absolute Gasteiger partial charge is 0.278 e. The average molecular weight is 590 g/mol. The number of hydrogen-bond donors (Lipinski definition) is 4. The average Bonchev–Trinajstić information content (AvgIpc) is 3.00. The molecule has 3 heterocycles. The van der Waals surface area contributed by atoms with E-state index in [1.165, 1.54) is 12.4 Å². The second-order valence-corrected chi connectivity index (χ2v) is 9.32. The zero-order valence-corrected chi connectivity index (χ0v) is 25.4. The maximum absolute atomic E-state index is 12.9. The molecular formula is C31H39N7O5. The fourth-order valence-corrected chi connectivity index (χ4v) is 3.89. The number of amides is 1. The van der Waals surface area contributed by atoms with E-state index in [0.29, 0.717) is 28.7 Å². The van der Waals surface area contributed by atoms with E-state index in [4.69, 9.17) is 24.4 Å². The van der Waals surface area contributed by atoms with Crippen molar-refractivity contribution in [2.75, 3.05) is 53.3 Å². The normalized spacial score (nSPS) is 13.8. The number of hydrogen-bond acceptors (Lipinski definition) is 11. The van der Waals surface area contributed by atoms with Crippen molar-refractivity contribution >= 4 is 23.5 Å². The predicted octanol–water partition coefficient (Wildman–Crippen LogP) is 4.16. The van der Waals surface area contributed by atoms with Crippen molar-refractivity contribution in [3.63, 3.8) is 0 Å². The standard InChI is InChI=1S/C31H39N7O5/c1-7-26(40-5)27(41-6)16-22-15-23(12-14-34-22)43-24-9-10-29(36-17-24)37-31(39)30(32)28(42-8-2)19-35-25-18-33-13-11-21(25)20-38(3)4/h7,9-12,14-19,32-33,35H,8,13,20H2,1-6H3,(H,36,37,39)/b26-7+,27-16+,28-19+,32-30?. The molecule has 2 aromatic heterocycles. The molecule has 1 amide bonds. The van der Waals surface area contributed by atoms with Crippen molar-refractivity contribution < 1.29 is 23.7 Å². The van der Waals surface area contributed by atoms with Crippen molar-refractivity contribution in [2.24, 2.45) is 0 Å². The summed E-state index contributed by atoms with van der Waals surface area (Å²) in [5, 5.41) is 17.4. The van der Waals surface area contributed by atoms with Crippen LogP contribution in [0.25, 0.3) is 6.08 Å². The summed E-state index contributed by atoms with van der Waals surface area (Å²) in [5.41, 5.74) is 2.18. The fraction of sp³-hybridized carbons (Fsp3) is 0.290. The lowest BCUT2D eigenvalue weighted by atomic mass is 10.1. The molecule has 0 spiro atoms. The molecule has 3 rings (SSSR count). The highest BCUT2D eigenvalue weighted by Gasteiger charge is 2.18. The van der Waals surface area contributed by atoms with E-state index < -0.39 is 5.91 Å². The highest BCUT2D eigenvalue weighted by atomic mass is 16.5. The first kappa shape index (κ1) is 32.4. The number of methoxy groups -OCH3 is 2. The summed E-state index contributed by atoms with van der Waals surface area (Å²) in [6, 6.07) is 6.70. The van der Waals surface area contributed by atoms with Gasteiger partial charge in [-0.25, -0.2) is 4.98 Å². The van der Waals surface area contributed by atoms with Crippen molar-refractivity contribution in [1.82, 2.24) is 25.5 Å². The number of nitrogens with zero attached hydrogens (tertiary/aromatic N) is 3. The lowest BCUT2D eigenvalue weighted by Gasteiger charge is -2.21. The van der Waals surface area contributed by atoms with Gasteiger partial charge in [-0.2, -0.15) is 0 Å². The van der Waals surface area contributed by atoms with Crippen LogP contribution in [0.15, 0.2) is 89.8 Å². The topological polar surface area (TPSA) is 143 Å². The molecule has 0 atom stereocenters. The van der Waals surface area contributed by atoms with Crippen molar-refractivity contribution in [2.45, 2.75) is 13.8 Å². The lowest BCUT2D eigenvalue weighted by molar-refractivity contribution is -0.110. The Morgan fingerprint density at radius 2 is 1.91 bits per heavy atom. The molecule has 0 saturated carbocycles. The fourth-order valence-electron chi connectivity index (χ4n) is 3.89. The number of nitrogens with one attached hydrogen (secondary N) is 4. The number of pyridine rings is 2. The number of carbonyl (C=O) groups excluding carboxylic acids is 1. The Morgan fingerprint density at radius 1 is 1.12 bits per heavy atom. The third kappa shape index (κ3) is 9.75. The molecule has 0 aliphatic carbocycles. The Morgan fingerprint density at radius 3 is 2.56 bits per heavy atom. The van der Waals surface area contributed by atoms with Crippen LogP contribution < -0.4 is 20.7 Å². The van der Waals surface area contributed by atoms with Crippen LogP contribution >= 0.6 is 0 Å². The molecule has 0 saturated heterocycles. The van der Waals surface area contributed by atoms with Gasteiger partial charge in [0.05, 0.1) is 38.4 Å². The minimum atomic E-state index is -0.668. The van der Waals surface area contributed by atoms with Gasteiger partial charge < -0.3 is 39.8 Å². The van der Waals surface area contributed by atoms with Gasteiger partial charge in [-0.1, -0.05) is 6.08 Å². The summed E-state index contributed by atoms with van der Waals surface area (Å²) >= 11 is 0. The van der Waals surface area contributed by atoms with Crippen molar-refractivity contribution in [3.05, 3.63) is 95.5 Å². The quantitative estimate of drug-likeness (QED) is 0.136. The molecule has 0 fully saturated rings. The lowest BCUT2D eigenvalue weighted by Crippen LogP contribution is -2.28. The first-order chi connectivity index (χ1) is 20.8. The van der Waals surface area contributed by atoms with Gasteiger partial charge in [0.1, 0.15) is 17.3 Å². The van der Waals surface area contributed by atoms with Crippen LogP contribution in [-0.2, 0) is 19.0 Å². The Balaban J connectivity index is 1.65. The molecular weight excluding hydrogens is 550 g/mol. The number of likely N-dealkylation sites (N-methyl/N-ethyl adjacent to an activating group) is 1. The summed E-state index contributed by atoms with van der Waals surface area (Å²) in [4.78, 5) is 23.5. The molecule has 0 bridgehead atoms. The minimum Gasteiger partial charge on any atom is -0.493 e. The first-order valence-corrected chi connectivity index (χ1v) is 13.6. The Labute approximate surface area is 252 Å². The molecule has 4 N–H and O–H groups in total. The van der Waals surface area contributed by atoms with Gasteiger partial charge in [0.2, 0.25) is 0 Å². The molecule has 12 nitrogen and oxygen atoms in total. The van der Waals surface area contributed by atoms with E-state index in [1.54, 1.807) is 63.8 Å². The zero-order valence-electron chi connectivity index (χ0n) is 25.4. The van der Waals surface area contributed by atoms with Gasteiger partial charge in [-0.3, -0.25) is 15.2 Å². The van der Waals surface area contributed by atoms with Gasteiger partial charge in [0, 0.05) is 43.8 Å². The summed E-state index contributed by atoms with van der Waals surface area (Å²) in [6.07, 6.45) is 12.1. The zero-order chi connectivity index (χ0) is 31.2. The number of anilines is 1.